The number of hydrogen-bond donors (Lipinski definition) is 0. The number of thiophene rings is 1. The summed E-state index contributed by atoms with van der Waals surface area (Å²) in [6, 6.07) is 5.91. The van der Waals surface area contributed by atoms with Gasteiger partial charge in [-0.3, -0.25) is 0 Å². The molecule has 1 aromatic rings. The molecule has 0 aromatic carbocycles. The molecule has 1 aromatic heterocycles. The summed E-state index contributed by atoms with van der Waals surface area (Å²) < 4.78 is 26.6. The smallest absolute Gasteiger partial charge is 0.206 e. The quantitative estimate of drug-likeness (QED) is 0.851. The molecule has 1 aliphatic rings. The molecule has 0 radical (unpaired) electrons. The highest BCUT2D eigenvalue weighted by Crippen LogP contribution is 2.36. The maximum absolute atomic E-state index is 12.6. The fourth-order valence-electron chi connectivity index (χ4n) is 2.26. The molecule has 2 heterocycles. The van der Waals surface area contributed by atoms with Crippen molar-refractivity contribution in [1.29, 1.82) is 5.26 Å². The summed E-state index contributed by atoms with van der Waals surface area (Å²) in [6.45, 7) is 2.87. The highest BCUT2D eigenvalue weighted by molar-refractivity contribution is 8.00. The monoisotopic (exact) mass is 330 g/mol. The van der Waals surface area contributed by atoms with Gasteiger partial charge in [-0.05, 0) is 37.7 Å². The Morgan fingerprint density at radius 3 is 2.55 bits per heavy atom. The molecule has 0 amide bonds. The van der Waals surface area contributed by atoms with Gasteiger partial charge in [0, 0.05) is 18.0 Å². The molecular weight excluding hydrogens is 312 g/mol. The van der Waals surface area contributed by atoms with E-state index >= 15 is 0 Å². The van der Waals surface area contributed by atoms with Crippen LogP contribution in [0.2, 0.25) is 0 Å². The molecule has 1 fully saturated rings. The summed E-state index contributed by atoms with van der Waals surface area (Å²) in [5.41, 5.74) is 0. The molecule has 1 aliphatic heterocycles. The lowest BCUT2D eigenvalue weighted by Gasteiger charge is -2.35. The second-order valence-corrected chi connectivity index (χ2v) is 9.31. The molecular formula is C13H18N2O2S3. The minimum absolute atomic E-state index is 0.419. The number of thioether (sulfide) groups is 1. The first-order chi connectivity index (χ1) is 9.47. The van der Waals surface area contributed by atoms with Crippen molar-refractivity contribution in [1.82, 2.24) is 4.31 Å². The highest BCUT2D eigenvalue weighted by atomic mass is 32.2. The second kappa shape index (κ2) is 6.06. The Morgan fingerprint density at radius 2 is 2.10 bits per heavy atom. The maximum atomic E-state index is 12.6. The number of sulfonamides is 1. The molecule has 0 saturated carbocycles. The molecule has 7 heteroatoms. The average molecular weight is 331 g/mol. The first-order valence-electron chi connectivity index (χ1n) is 6.53. The van der Waals surface area contributed by atoms with Gasteiger partial charge in [-0.25, -0.2) is 8.42 Å². The Morgan fingerprint density at radius 1 is 1.45 bits per heavy atom. The van der Waals surface area contributed by atoms with Crippen molar-refractivity contribution in [2.45, 2.75) is 35.1 Å². The van der Waals surface area contributed by atoms with Crippen LogP contribution in [0.3, 0.4) is 0 Å². The molecule has 0 unspecified atom stereocenters. The molecule has 0 aliphatic carbocycles. The lowest BCUT2D eigenvalue weighted by Crippen LogP contribution is -2.44. The van der Waals surface area contributed by atoms with Gasteiger partial charge >= 0.3 is 0 Å². The van der Waals surface area contributed by atoms with Gasteiger partial charge in [0.15, 0.2) is 0 Å². The number of nitrogens with zero attached hydrogens (tertiary/aromatic N) is 2. The Kier molecular flexibility index (Phi) is 4.80. The fourth-order valence-corrected chi connectivity index (χ4v) is 5.84. The van der Waals surface area contributed by atoms with Crippen LogP contribution in [0.1, 0.15) is 24.6 Å². The molecule has 0 N–H and O–H groups in total. The van der Waals surface area contributed by atoms with E-state index in [1.54, 1.807) is 6.07 Å². The van der Waals surface area contributed by atoms with Crippen molar-refractivity contribution in [2.75, 3.05) is 19.3 Å². The van der Waals surface area contributed by atoms with E-state index in [9.17, 15) is 13.7 Å². The average Bonchev–Trinajstić information content (AvgIpc) is 2.97. The van der Waals surface area contributed by atoms with Crippen molar-refractivity contribution < 1.29 is 8.42 Å². The topological polar surface area (TPSA) is 61.2 Å². The summed E-state index contributed by atoms with van der Waals surface area (Å²) in [7, 11) is -3.38. The number of aryl methyl sites for hydroxylation is 1. The molecule has 1 saturated heterocycles. The van der Waals surface area contributed by atoms with E-state index in [0.717, 1.165) is 11.3 Å². The fraction of sp³-hybridized carbons (Fsp3) is 0.615. The molecule has 4 nitrogen and oxygen atoms in total. The summed E-state index contributed by atoms with van der Waals surface area (Å²) in [5.74, 6) is 0. The van der Waals surface area contributed by atoms with E-state index in [-0.39, 0.29) is 0 Å². The summed E-state index contributed by atoms with van der Waals surface area (Å²) in [5, 5.41) is 9.25. The van der Waals surface area contributed by atoms with Gasteiger partial charge < -0.3 is 0 Å². The minimum Gasteiger partial charge on any atom is -0.206 e. The van der Waals surface area contributed by atoms with Gasteiger partial charge in [0.25, 0.3) is 10.0 Å². The van der Waals surface area contributed by atoms with E-state index in [4.69, 9.17) is 0 Å². The van der Waals surface area contributed by atoms with Crippen LogP contribution in [0.4, 0.5) is 0 Å². The van der Waals surface area contributed by atoms with Gasteiger partial charge in [0.05, 0.1) is 6.07 Å². The first-order valence-corrected chi connectivity index (χ1v) is 10.0. The van der Waals surface area contributed by atoms with E-state index in [1.807, 2.05) is 19.2 Å². The SMILES string of the molecule is CCc1ccc(S(=O)(=O)N2CCC(C#N)(SC)CC2)s1. The van der Waals surface area contributed by atoms with Gasteiger partial charge in [0.2, 0.25) is 0 Å². The van der Waals surface area contributed by atoms with Gasteiger partial charge in [-0.2, -0.15) is 9.57 Å². The Balaban J connectivity index is 2.15. The molecule has 110 valence electrons. The van der Waals surface area contributed by atoms with Crippen molar-refractivity contribution >= 4 is 33.1 Å². The van der Waals surface area contributed by atoms with Crippen LogP contribution in [-0.4, -0.2) is 36.8 Å². The summed E-state index contributed by atoms with van der Waals surface area (Å²) >= 11 is 2.87. The lowest BCUT2D eigenvalue weighted by molar-refractivity contribution is 0.328. The van der Waals surface area contributed by atoms with Crippen LogP contribution < -0.4 is 0 Å². The maximum Gasteiger partial charge on any atom is 0.252 e. The van der Waals surface area contributed by atoms with Crippen LogP contribution in [0, 0.1) is 11.3 Å². The van der Waals surface area contributed by atoms with Crippen molar-refractivity contribution in [3.05, 3.63) is 17.0 Å². The van der Waals surface area contributed by atoms with Crippen LogP contribution in [-0.2, 0) is 16.4 Å². The Bertz CT molecular complexity index is 608. The third-order valence-electron chi connectivity index (χ3n) is 3.70. The second-order valence-electron chi connectivity index (χ2n) is 4.79. The molecule has 0 spiro atoms. The van der Waals surface area contributed by atoms with E-state index in [0.29, 0.717) is 30.1 Å². The van der Waals surface area contributed by atoms with Gasteiger partial charge in [0.1, 0.15) is 8.96 Å². The molecule has 0 bridgehead atoms. The summed E-state index contributed by atoms with van der Waals surface area (Å²) in [4.78, 5) is 1.08. The lowest BCUT2D eigenvalue weighted by atomic mass is 9.99. The van der Waals surface area contributed by atoms with Gasteiger partial charge in [-0.1, -0.05) is 6.92 Å². The predicted octanol–water partition coefficient (Wildman–Crippen LogP) is 2.72. The Labute approximate surface area is 128 Å². The van der Waals surface area contributed by atoms with Crippen LogP contribution in [0.25, 0.3) is 0 Å². The van der Waals surface area contributed by atoms with E-state index in [1.165, 1.54) is 27.4 Å². The number of hydrogen-bond acceptors (Lipinski definition) is 5. The Hall–Kier alpha value is -0.550. The minimum atomic E-state index is -3.38. The van der Waals surface area contributed by atoms with E-state index in [2.05, 4.69) is 6.07 Å². The normalized spacial score (nSPS) is 19.6. The zero-order valence-corrected chi connectivity index (χ0v) is 14.1. The van der Waals surface area contributed by atoms with Crippen molar-refractivity contribution in [2.24, 2.45) is 0 Å². The molecule has 2 rings (SSSR count). The molecule has 20 heavy (non-hydrogen) atoms. The number of nitriles is 1. The molecule has 0 atom stereocenters. The zero-order chi connectivity index (χ0) is 14.8. The third kappa shape index (κ3) is 2.89. The van der Waals surface area contributed by atoms with Crippen LogP contribution in [0.5, 0.6) is 0 Å². The first kappa shape index (κ1) is 15.8. The standard InChI is InChI=1S/C13H18N2O2S3/c1-3-11-4-5-12(19-11)20(16,17)15-8-6-13(10-14,18-2)7-9-15/h4-5H,3,6-9H2,1-2H3. The van der Waals surface area contributed by atoms with Crippen molar-refractivity contribution in [3.63, 3.8) is 0 Å². The van der Waals surface area contributed by atoms with Gasteiger partial charge in [-0.15, -0.1) is 23.1 Å². The van der Waals surface area contributed by atoms with Crippen molar-refractivity contribution in [3.8, 4) is 6.07 Å². The van der Waals surface area contributed by atoms with Crippen LogP contribution >= 0.6 is 23.1 Å². The highest BCUT2D eigenvalue weighted by Gasteiger charge is 2.38. The number of piperidine rings is 1. The predicted molar refractivity (Wildman–Crippen MR) is 83.5 cm³/mol. The largest absolute Gasteiger partial charge is 0.252 e. The number of rotatable bonds is 4. The zero-order valence-electron chi connectivity index (χ0n) is 11.6. The summed E-state index contributed by atoms with van der Waals surface area (Å²) in [6.07, 6.45) is 3.95. The van der Waals surface area contributed by atoms with Crippen LogP contribution in [0.15, 0.2) is 16.3 Å². The van der Waals surface area contributed by atoms with E-state index < -0.39 is 14.8 Å². The third-order valence-corrected chi connectivity index (χ3v) is 8.58.